The van der Waals surface area contributed by atoms with Crippen molar-refractivity contribution in [1.82, 2.24) is 0 Å². The Kier molecular flexibility index (Phi) is 4.24. The third-order valence-electron chi connectivity index (χ3n) is 9.04. The van der Waals surface area contributed by atoms with Crippen molar-refractivity contribution in [2.45, 2.75) is 70.5 Å². The minimum atomic E-state index is -0.985. The SMILES string of the molecule is C[C@]12C(=O)[C@@H](O)[C@H]3[C@@H](CC[C@@H]4C[C@@H](O)CC[C@@]43C)C1=CC[C@@H]2c1ccc(=O)oc1. The van der Waals surface area contributed by atoms with Crippen LogP contribution in [-0.4, -0.2) is 28.2 Å². The van der Waals surface area contributed by atoms with E-state index in [2.05, 4.69) is 13.0 Å². The quantitative estimate of drug-likeness (QED) is 0.710. The molecule has 0 aromatic carbocycles. The summed E-state index contributed by atoms with van der Waals surface area (Å²) in [5, 5.41) is 21.5. The monoisotopic (exact) mass is 398 g/mol. The van der Waals surface area contributed by atoms with Crippen molar-refractivity contribution in [3.63, 3.8) is 0 Å². The normalized spacial score (nSPS) is 46.5. The van der Waals surface area contributed by atoms with Crippen LogP contribution >= 0.6 is 0 Å². The maximum atomic E-state index is 13.7. The van der Waals surface area contributed by atoms with E-state index in [1.54, 1.807) is 6.07 Å². The highest BCUT2D eigenvalue weighted by Gasteiger charge is 2.64. The minimum absolute atomic E-state index is 0.0759. The van der Waals surface area contributed by atoms with Gasteiger partial charge in [-0.05, 0) is 74.3 Å². The van der Waals surface area contributed by atoms with Gasteiger partial charge in [-0.3, -0.25) is 4.79 Å². The molecule has 0 radical (unpaired) electrons. The summed E-state index contributed by atoms with van der Waals surface area (Å²) in [7, 11) is 0. The van der Waals surface area contributed by atoms with E-state index in [4.69, 9.17) is 4.42 Å². The van der Waals surface area contributed by atoms with Crippen LogP contribution in [0.25, 0.3) is 0 Å². The standard InChI is InChI=1S/C24H30O5/c1-23-10-9-15(25)11-14(23)4-5-16-18-7-6-17(13-3-8-19(26)29-12-13)24(18,2)22(28)21(27)20(16)23/h3,7-8,12,14-17,20-21,25,27H,4-6,9-11H2,1-2H3/t14-,15+,16+,17-,20-,21+,23+,24-/m1/s1. The zero-order valence-corrected chi connectivity index (χ0v) is 17.1. The van der Waals surface area contributed by atoms with Crippen LogP contribution in [0.2, 0.25) is 0 Å². The average molecular weight is 398 g/mol. The van der Waals surface area contributed by atoms with E-state index < -0.39 is 17.1 Å². The average Bonchev–Trinajstić information content (AvgIpc) is 3.05. The smallest absolute Gasteiger partial charge is 0.335 e. The van der Waals surface area contributed by atoms with Gasteiger partial charge in [-0.1, -0.05) is 18.6 Å². The Morgan fingerprint density at radius 1 is 1.10 bits per heavy atom. The number of fused-ring (bicyclic) bond motifs is 5. The summed E-state index contributed by atoms with van der Waals surface area (Å²) in [5.41, 5.74) is 0.762. The molecule has 0 bridgehead atoms. The van der Waals surface area contributed by atoms with Gasteiger partial charge in [-0.15, -0.1) is 0 Å². The number of rotatable bonds is 1. The minimum Gasteiger partial charge on any atom is -0.431 e. The van der Waals surface area contributed by atoms with E-state index in [0.29, 0.717) is 5.92 Å². The van der Waals surface area contributed by atoms with E-state index in [1.807, 2.05) is 6.92 Å². The van der Waals surface area contributed by atoms with Gasteiger partial charge >= 0.3 is 5.63 Å². The molecule has 1 aromatic rings. The molecule has 5 rings (SSSR count). The maximum absolute atomic E-state index is 13.7. The highest BCUT2D eigenvalue weighted by atomic mass is 16.4. The fourth-order valence-electron chi connectivity index (χ4n) is 7.48. The highest BCUT2D eigenvalue weighted by molar-refractivity contribution is 5.95. The number of aliphatic hydroxyl groups excluding tert-OH is 2. The Morgan fingerprint density at radius 3 is 2.62 bits per heavy atom. The first-order chi connectivity index (χ1) is 13.8. The fraction of sp³-hybridized carbons (Fsp3) is 0.667. The number of ketones is 1. The van der Waals surface area contributed by atoms with Crippen molar-refractivity contribution in [2.24, 2.45) is 28.6 Å². The third-order valence-corrected chi connectivity index (χ3v) is 9.04. The van der Waals surface area contributed by atoms with E-state index in [-0.39, 0.29) is 35.1 Å². The molecule has 5 nitrogen and oxygen atoms in total. The molecule has 3 saturated carbocycles. The summed E-state index contributed by atoms with van der Waals surface area (Å²) in [6.07, 6.45) is 7.56. The molecule has 0 unspecified atom stereocenters. The molecule has 1 aromatic heterocycles. The Labute approximate surface area is 170 Å². The van der Waals surface area contributed by atoms with Crippen molar-refractivity contribution >= 4 is 5.78 Å². The molecule has 4 aliphatic carbocycles. The number of hydrogen-bond donors (Lipinski definition) is 2. The molecule has 0 amide bonds. The van der Waals surface area contributed by atoms with Crippen LogP contribution in [0.4, 0.5) is 0 Å². The van der Waals surface area contributed by atoms with Gasteiger partial charge in [0.15, 0.2) is 5.78 Å². The number of aliphatic hydroxyl groups is 2. The molecule has 4 aliphatic rings. The van der Waals surface area contributed by atoms with E-state index in [9.17, 15) is 19.8 Å². The first-order valence-corrected chi connectivity index (χ1v) is 11.0. The molecule has 3 fully saturated rings. The summed E-state index contributed by atoms with van der Waals surface area (Å²) in [5.74, 6) is 0.286. The number of Topliss-reactive ketones (excluding diaryl/α,β-unsaturated/α-hetero) is 1. The van der Waals surface area contributed by atoms with Crippen LogP contribution in [0, 0.1) is 28.6 Å². The molecule has 2 N–H and O–H groups in total. The van der Waals surface area contributed by atoms with Gasteiger partial charge in [0.05, 0.1) is 17.8 Å². The zero-order valence-electron chi connectivity index (χ0n) is 17.1. The van der Waals surface area contributed by atoms with Crippen LogP contribution in [0.1, 0.15) is 63.9 Å². The lowest BCUT2D eigenvalue weighted by Gasteiger charge is -2.60. The Bertz CT molecular complexity index is 911. The van der Waals surface area contributed by atoms with E-state index in [0.717, 1.165) is 44.1 Å². The molecule has 156 valence electrons. The number of carbonyl (C=O) groups is 1. The molecule has 29 heavy (non-hydrogen) atoms. The van der Waals surface area contributed by atoms with Crippen LogP contribution in [0.15, 0.2) is 39.3 Å². The Morgan fingerprint density at radius 2 is 1.90 bits per heavy atom. The Balaban J connectivity index is 1.54. The molecule has 0 aliphatic heterocycles. The summed E-state index contributed by atoms with van der Waals surface area (Å²) in [6.45, 7) is 4.21. The second-order valence-corrected chi connectivity index (χ2v) is 10.2. The second-order valence-electron chi connectivity index (χ2n) is 10.2. The van der Waals surface area contributed by atoms with Gasteiger partial charge in [0, 0.05) is 17.9 Å². The molecule has 8 atom stereocenters. The van der Waals surface area contributed by atoms with E-state index in [1.165, 1.54) is 17.9 Å². The van der Waals surface area contributed by atoms with Gasteiger partial charge in [0.2, 0.25) is 0 Å². The summed E-state index contributed by atoms with van der Waals surface area (Å²) in [4.78, 5) is 25.1. The Hall–Kier alpha value is -1.72. The van der Waals surface area contributed by atoms with E-state index >= 15 is 0 Å². The lowest BCUT2D eigenvalue weighted by atomic mass is 9.44. The molecule has 0 saturated heterocycles. The van der Waals surface area contributed by atoms with Crippen molar-refractivity contribution in [3.05, 3.63) is 46.0 Å². The third kappa shape index (κ3) is 2.53. The summed E-state index contributed by atoms with van der Waals surface area (Å²) >= 11 is 0. The first kappa shape index (κ1) is 19.3. The lowest BCUT2D eigenvalue weighted by Crippen LogP contribution is -2.61. The van der Waals surface area contributed by atoms with Gasteiger partial charge in [0.1, 0.15) is 6.10 Å². The molecule has 5 heteroatoms. The second kappa shape index (κ2) is 6.39. The van der Waals surface area contributed by atoms with Gasteiger partial charge in [-0.2, -0.15) is 0 Å². The predicted octanol–water partition coefficient (Wildman–Crippen LogP) is 3.20. The first-order valence-electron chi connectivity index (χ1n) is 11.0. The van der Waals surface area contributed by atoms with Crippen molar-refractivity contribution < 1.29 is 19.4 Å². The van der Waals surface area contributed by atoms with Crippen LogP contribution in [0.5, 0.6) is 0 Å². The highest BCUT2D eigenvalue weighted by Crippen LogP contribution is 2.66. The maximum Gasteiger partial charge on any atom is 0.335 e. The number of allylic oxidation sites excluding steroid dienone is 2. The van der Waals surface area contributed by atoms with Crippen LogP contribution < -0.4 is 5.63 Å². The molecule has 0 spiro atoms. The molecule has 1 heterocycles. The van der Waals surface area contributed by atoms with Gasteiger partial charge in [-0.25, -0.2) is 4.79 Å². The van der Waals surface area contributed by atoms with Crippen molar-refractivity contribution in [2.75, 3.05) is 0 Å². The number of hydrogen-bond acceptors (Lipinski definition) is 5. The van der Waals surface area contributed by atoms with Gasteiger partial charge in [0.25, 0.3) is 0 Å². The predicted molar refractivity (Wildman–Crippen MR) is 107 cm³/mol. The van der Waals surface area contributed by atoms with Crippen LogP contribution in [-0.2, 0) is 4.79 Å². The summed E-state index contributed by atoms with van der Waals surface area (Å²) < 4.78 is 5.08. The zero-order chi connectivity index (χ0) is 20.6. The fourth-order valence-corrected chi connectivity index (χ4v) is 7.48. The number of carbonyl (C=O) groups excluding carboxylic acids is 1. The molecular formula is C24H30O5. The lowest BCUT2D eigenvalue weighted by molar-refractivity contribution is -0.163. The van der Waals surface area contributed by atoms with Crippen molar-refractivity contribution in [3.8, 4) is 0 Å². The summed E-state index contributed by atoms with van der Waals surface area (Å²) in [6, 6.07) is 3.16. The van der Waals surface area contributed by atoms with Crippen molar-refractivity contribution in [1.29, 1.82) is 0 Å². The molecular weight excluding hydrogens is 368 g/mol. The largest absolute Gasteiger partial charge is 0.431 e. The van der Waals surface area contributed by atoms with Gasteiger partial charge < -0.3 is 14.6 Å². The topological polar surface area (TPSA) is 87.7 Å². The van der Waals surface area contributed by atoms with Crippen LogP contribution in [0.3, 0.4) is 0 Å².